The second-order valence-corrected chi connectivity index (χ2v) is 5.30. The molecule has 2 amide bonds. The SMILES string of the molecule is NC(=O)c1ccc2c(c1)NC(=O)CCN2Cc1ccccc1. The molecule has 112 valence electrons. The van der Waals surface area contributed by atoms with E-state index < -0.39 is 5.91 Å². The van der Waals surface area contributed by atoms with Gasteiger partial charge in [0, 0.05) is 25.1 Å². The third-order valence-electron chi connectivity index (χ3n) is 3.72. The lowest BCUT2D eigenvalue weighted by Crippen LogP contribution is -2.24. The van der Waals surface area contributed by atoms with Crippen molar-refractivity contribution in [3.63, 3.8) is 0 Å². The summed E-state index contributed by atoms with van der Waals surface area (Å²) in [6, 6.07) is 15.2. The Kier molecular flexibility index (Phi) is 3.78. The number of nitrogens with zero attached hydrogens (tertiary/aromatic N) is 1. The lowest BCUT2D eigenvalue weighted by molar-refractivity contribution is -0.115. The fourth-order valence-corrected chi connectivity index (χ4v) is 2.60. The minimum Gasteiger partial charge on any atom is -0.366 e. The van der Waals surface area contributed by atoms with Crippen LogP contribution < -0.4 is 16.0 Å². The molecular weight excluding hydrogens is 278 g/mol. The first-order chi connectivity index (χ1) is 10.6. The molecule has 2 aromatic rings. The topological polar surface area (TPSA) is 75.4 Å². The molecule has 0 radical (unpaired) electrons. The van der Waals surface area contributed by atoms with Crippen LogP contribution >= 0.6 is 0 Å². The van der Waals surface area contributed by atoms with E-state index in [2.05, 4.69) is 22.3 Å². The van der Waals surface area contributed by atoms with Crippen molar-refractivity contribution in [3.05, 3.63) is 59.7 Å². The van der Waals surface area contributed by atoms with Crippen molar-refractivity contribution in [1.82, 2.24) is 0 Å². The maximum absolute atomic E-state index is 11.9. The van der Waals surface area contributed by atoms with Gasteiger partial charge in [0.1, 0.15) is 0 Å². The molecule has 1 aliphatic heterocycles. The minimum atomic E-state index is -0.504. The van der Waals surface area contributed by atoms with Crippen LogP contribution in [0.1, 0.15) is 22.3 Å². The Balaban J connectivity index is 1.96. The fraction of sp³-hybridized carbons (Fsp3) is 0.176. The molecule has 5 nitrogen and oxygen atoms in total. The molecule has 0 unspecified atom stereocenters. The van der Waals surface area contributed by atoms with Gasteiger partial charge in [-0.05, 0) is 23.8 Å². The number of fused-ring (bicyclic) bond motifs is 1. The Labute approximate surface area is 128 Å². The molecule has 5 heteroatoms. The van der Waals surface area contributed by atoms with E-state index in [-0.39, 0.29) is 5.91 Å². The van der Waals surface area contributed by atoms with E-state index in [1.165, 1.54) is 5.56 Å². The lowest BCUT2D eigenvalue weighted by Gasteiger charge is -2.24. The molecule has 0 aliphatic carbocycles. The zero-order valence-corrected chi connectivity index (χ0v) is 12.1. The van der Waals surface area contributed by atoms with Crippen LogP contribution in [0.4, 0.5) is 11.4 Å². The van der Waals surface area contributed by atoms with Gasteiger partial charge in [-0.3, -0.25) is 9.59 Å². The maximum Gasteiger partial charge on any atom is 0.248 e. The van der Waals surface area contributed by atoms with Crippen LogP contribution in [0.25, 0.3) is 0 Å². The smallest absolute Gasteiger partial charge is 0.248 e. The largest absolute Gasteiger partial charge is 0.366 e. The monoisotopic (exact) mass is 295 g/mol. The summed E-state index contributed by atoms with van der Waals surface area (Å²) in [4.78, 5) is 25.3. The van der Waals surface area contributed by atoms with Crippen molar-refractivity contribution in [2.45, 2.75) is 13.0 Å². The van der Waals surface area contributed by atoms with Gasteiger partial charge >= 0.3 is 0 Å². The van der Waals surface area contributed by atoms with Crippen molar-refractivity contribution < 1.29 is 9.59 Å². The number of carbonyl (C=O) groups excluding carboxylic acids is 2. The average Bonchev–Trinajstić information content (AvgIpc) is 2.67. The quantitative estimate of drug-likeness (QED) is 0.911. The number of amides is 2. The van der Waals surface area contributed by atoms with Gasteiger partial charge in [0.15, 0.2) is 0 Å². The van der Waals surface area contributed by atoms with E-state index in [9.17, 15) is 9.59 Å². The molecule has 2 aromatic carbocycles. The zero-order valence-electron chi connectivity index (χ0n) is 12.1. The first kappa shape index (κ1) is 14.1. The summed E-state index contributed by atoms with van der Waals surface area (Å²) >= 11 is 0. The molecule has 0 atom stereocenters. The molecular formula is C17H17N3O2. The van der Waals surface area contributed by atoms with Gasteiger partial charge < -0.3 is 16.0 Å². The van der Waals surface area contributed by atoms with Gasteiger partial charge in [-0.25, -0.2) is 0 Å². The highest BCUT2D eigenvalue weighted by molar-refractivity contribution is 6.00. The predicted molar refractivity (Wildman–Crippen MR) is 85.7 cm³/mol. The van der Waals surface area contributed by atoms with Crippen molar-refractivity contribution in [1.29, 1.82) is 0 Å². The number of nitrogens with two attached hydrogens (primary N) is 1. The molecule has 0 fully saturated rings. The average molecular weight is 295 g/mol. The normalized spacial score (nSPS) is 14.0. The molecule has 0 aromatic heterocycles. The highest BCUT2D eigenvalue weighted by Crippen LogP contribution is 2.31. The molecule has 0 saturated carbocycles. The number of hydrogen-bond acceptors (Lipinski definition) is 3. The summed E-state index contributed by atoms with van der Waals surface area (Å²) in [5.41, 5.74) is 8.41. The third kappa shape index (κ3) is 2.93. The summed E-state index contributed by atoms with van der Waals surface area (Å²) in [6.07, 6.45) is 0.410. The molecule has 3 N–H and O–H groups in total. The van der Waals surface area contributed by atoms with Crippen LogP contribution in [-0.2, 0) is 11.3 Å². The van der Waals surface area contributed by atoms with Gasteiger partial charge in [0.05, 0.1) is 11.4 Å². The predicted octanol–water partition coefficient (Wildman–Crippen LogP) is 2.13. The van der Waals surface area contributed by atoms with Crippen LogP contribution in [0.2, 0.25) is 0 Å². The van der Waals surface area contributed by atoms with Crippen LogP contribution in [0, 0.1) is 0 Å². The maximum atomic E-state index is 11.9. The molecule has 0 saturated heterocycles. The second kappa shape index (κ2) is 5.89. The molecule has 1 heterocycles. The summed E-state index contributed by atoms with van der Waals surface area (Å²) in [7, 11) is 0. The first-order valence-corrected chi connectivity index (χ1v) is 7.16. The van der Waals surface area contributed by atoms with Crippen LogP contribution in [0.5, 0.6) is 0 Å². The Morgan fingerprint density at radius 3 is 2.68 bits per heavy atom. The Bertz CT molecular complexity index is 713. The fourth-order valence-electron chi connectivity index (χ4n) is 2.60. The zero-order chi connectivity index (χ0) is 15.5. The Hall–Kier alpha value is -2.82. The van der Waals surface area contributed by atoms with E-state index in [0.29, 0.717) is 30.8 Å². The number of benzene rings is 2. The lowest BCUT2D eigenvalue weighted by atomic mass is 10.1. The van der Waals surface area contributed by atoms with Gasteiger partial charge in [-0.2, -0.15) is 0 Å². The molecule has 1 aliphatic rings. The van der Waals surface area contributed by atoms with E-state index in [1.54, 1.807) is 12.1 Å². The van der Waals surface area contributed by atoms with Crippen molar-refractivity contribution in [3.8, 4) is 0 Å². The highest BCUT2D eigenvalue weighted by atomic mass is 16.2. The van der Waals surface area contributed by atoms with Gasteiger partial charge in [-0.1, -0.05) is 30.3 Å². The van der Waals surface area contributed by atoms with E-state index in [4.69, 9.17) is 5.73 Å². The second-order valence-electron chi connectivity index (χ2n) is 5.30. The summed E-state index contributed by atoms with van der Waals surface area (Å²) in [6.45, 7) is 1.34. The van der Waals surface area contributed by atoms with Gasteiger partial charge in [-0.15, -0.1) is 0 Å². The number of primary amides is 1. The van der Waals surface area contributed by atoms with Crippen LogP contribution in [0.3, 0.4) is 0 Å². The van der Waals surface area contributed by atoms with Gasteiger partial charge in [0.2, 0.25) is 11.8 Å². The number of rotatable bonds is 3. The highest BCUT2D eigenvalue weighted by Gasteiger charge is 2.20. The summed E-state index contributed by atoms with van der Waals surface area (Å²) < 4.78 is 0. The van der Waals surface area contributed by atoms with Crippen molar-refractivity contribution in [2.75, 3.05) is 16.8 Å². The van der Waals surface area contributed by atoms with Gasteiger partial charge in [0.25, 0.3) is 0 Å². The number of anilines is 2. The minimum absolute atomic E-state index is 0.0570. The third-order valence-corrected chi connectivity index (χ3v) is 3.72. The first-order valence-electron chi connectivity index (χ1n) is 7.16. The molecule has 0 bridgehead atoms. The number of hydrogen-bond donors (Lipinski definition) is 2. The summed E-state index contributed by atoms with van der Waals surface area (Å²) in [5.74, 6) is -0.561. The Morgan fingerprint density at radius 1 is 1.18 bits per heavy atom. The molecule has 22 heavy (non-hydrogen) atoms. The van der Waals surface area contributed by atoms with E-state index >= 15 is 0 Å². The van der Waals surface area contributed by atoms with Crippen LogP contribution in [0.15, 0.2) is 48.5 Å². The summed E-state index contributed by atoms with van der Waals surface area (Å²) in [5, 5.41) is 2.85. The number of carbonyl (C=O) groups is 2. The van der Waals surface area contributed by atoms with E-state index in [1.807, 2.05) is 24.3 Å². The molecule has 0 spiro atoms. The molecule has 3 rings (SSSR count). The van der Waals surface area contributed by atoms with Crippen molar-refractivity contribution >= 4 is 23.2 Å². The standard InChI is InChI=1S/C17H17N3O2/c18-17(22)13-6-7-15-14(10-13)19-16(21)8-9-20(15)11-12-4-2-1-3-5-12/h1-7,10H,8-9,11H2,(H2,18,22)(H,19,21). The Morgan fingerprint density at radius 2 is 1.95 bits per heavy atom. The van der Waals surface area contributed by atoms with Crippen LogP contribution in [-0.4, -0.2) is 18.4 Å². The number of nitrogens with one attached hydrogen (secondary N) is 1. The van der Waals surface area contributed by atoms with E-state index in [0.717, 1.165) is 5.69 Å². The van der Waals surface area contributed by atoms with Crippen molar-refractivity contribution in [2.24, 2.45) is 5.73 Å².